The van der Waals surface area contributed by atoms with Crippen LogP contribution in [0.25, 0.3) is 0 Å². The van der Waals surface area contributed by atoms with Gasteiger partial charge in [0.05, 0.1) is 36.4 Å². The number of sulfonamides is 1. The van der Waals surface area contributed by atoms with Gasteiger partial charge in [-0.2, -0.15) is 0 Å². The van der Waals surface area contributed by atoms with Crippen molar-refractivity contribution in [2.75, 3.05) is 31.7 Å². The molecule has 0 radical (unpaired) electrons. The molecule has 2 aromatic carbocycles. The lowest BCUT2D eigenvalue weighted by molar-refractivity contribution is -0.141. The maximum absolute atomic E-state index is 13.3. The first-order valence-electron chi connectivity index (χ1n) is 8.00. The number of benzene rings is 2. The molecule has 0 amide bonds. The fraction of sp³-hybridized carbons (Fsp3) is 0.278. The van der Waals surface area contributed by atoms with Gasteiger partial charge in [0.15, 0.2) is 11.5 Å². The summed E-state index contributed by atoms with van der Waals surface area (Å²) in [5, 5.41) is 0.186. The molecule has 9 heteroatoms. The lowest BCUT2D eigenvalue weighted by Gasteiger charge is -2.24. The third kappa shape index (κ3) is 4.64. The van der Waals surface area contributed by atoms with Crippen molar-refractivity contribution in [1.82, 2.24) is 0 Å². The van der Waals surface area contributed by atoms with E-state index in [2.05, 4.69) is 0 Å². The summed E-state index contributed by atoms with van der Waals surface area (Å²) < 4.78 is 42.6. The molecule has 2 rings (SSSR count). The second kappa shape index (κ2) is 8.96. The molecule has 0 spiro atoms. The van der Waals surface area contributed by atoms with Crippen molar-refractivity contribution in [2.24, 2.45) is 0 Å². The largest absolute Gasteiger partial charge is 0.493 e. The summed E-state index contributed by atoms with van der Waals surface area (Å²) in [6.45, 7) is 1.25. The van der Waals surface area contributed by atoms with Crippen LogP contribution in [0.4, 0.5) is 5.69 Å². The molecule has 0 unspecified atom stereocenters. The molecule has 27 heavy (non-hydrogen) atoms. The van der Waals surface area contributed by atoms with Crippen LogP contribution in [0, 0.1) is 0 Å². The molecule has 0 heterocycles. The van der Waals surface area contributed by atoms with E-state index >= 15 is 0 Å². The van der Waals surface area contributed by atoms with Gasteiger partial charge >= 0.3 is 5.97 Å². The Morgan fingerprint density at radius 3 is 2.33 bits per heavy atom. The zero-order valence-electron chi connectivity index (χ0n) is 15.1. The predicted molar refractivity (Wildman–Crippen MR) is 102 cm³/mol. The molecule has 7 nitrogen and oxygen atoms in total. The number of nitrogens with zero attached hydrogens (tertiary/aromatic N) is 1. The second-order valence-electron chi connectivity index (χ2n) is 5.28. The van der Waals surface area contributed by atoms with Crippen molar-refractivity contribution in [3.63, 3.8) is 0 Å². The summed E-state index contributed by atoms with van der Waals surface area (Å²) in [7, 11) is -1.29. The Morgan fingerprint density at radius 1 is 1.07 bits per heavy atom. The molecule has 0 N–H and O–H groups in total. The van der Waals surface area contributed by atoms with Crippen LogP contribution in [-0.4, -0.2) is 41.8 Å². The second-order valence-corrected chi connectivity index (χ2v) is 7.55. The zero-order chi connectivity index (χ0) is 20.0. The minimum atomic E-state index is -4.14. The third-order valence-electron chi connectivity index (χ3n) is 3.64. The molecule has 0 atom stereocenters. The first-order chi connectivity index (χ1) is 12.8. The average molecular weight is 414 g/mol. The number of esters is 1. The van der Waals surface area contributed by atoms with E-state index < -0.39 is 22.5 Å². The number of hydrogen-bond donors (Lipinski definition) is 0. The number of carbonyl (C=O) groups is 1. The molecule has 0 bridgehead atoms. The molecular weight excluding hydrogens is 394 g/mol. The van der Waals surface area contributed by atoms with Gasteiger partial charge in [-0.05, 0) is 31.2 Å². The van der Waals surface area contributed by atoms with Crippen LogP contribution >= 0.6 is 11.6 Å². The van der Waals surface area contributed by atoms with Crippen molar-refractivity contribution in [1.29, 1.82) is 0 Å². The number of anilines is 1. The number of hydrogen-bond acceptors (Lipinski definition) is 6. The van der Waals surface area contributed by atoms with Crippen LogP contribution in [0.3, 0.4) is 0 Å². The van der Waals surface area contributed by atoms with Crippen LogP contribution in [0.2, 0.25) is 5.02 Å². The van der Waals surface area contributed by atoms with Crippen LogP contribution < -0.4 is 13.8 Å². The Kier molecular flexibility index (Phi) is 6.92. The molecule has 0 aliphatic rings. The number of para-hydroxylation sites is 1. The standard InChI is InChI=1S/C18H20ClNO6S/c1-4-26-18(21)12-20(15-8-6-5-7-14(15)19)27(22,23)13-9-10-16(24-2)17(11-13)25-3/h5-11H,4,12H2,1-3H3. The molecular formula is C18H20ClNO6S. The van der Waals surface area contributed by atoms with Crippen molar-refractivity contribution in [3.05, 3.63) is 47.5 Å². The Hall–Kier alpha value is -2.45. The minimum absolute atomic E-state index is 0.0793. The Morgan fingerprint density at radius 2 is 1.74 bits per heavy atom. The van der Waals surface area contributed by atoms with Gasteiger partial charge in [-0.3, -0.25) is 9.10 Å². The fourth-order valence-electron chi connectivity index (χ4n) is 2.38. The summed E-state index contributed by atoms with van der Waals surface area (Å²) in [6.07, 6.45) is 0. The van der Waals surface area contributed by atoms with Gasteiger partial charge in [0.25, 0.3) is 10.0 Å². The molecule has 0 aromatic heterocycles. The van der Waals surface area contributed by atoms with Gasteiger partial charge in [0, 0.05) is 6.07 Å². The quantitative estimate of drug-likeness (QED) is 0.618. The van der Waals surface area contributed by atoms with Crippen molar-refractivity contribution >= 4 is 33.3 Å². The highest BCUT2D eigenvalue weighted by molar-refractivity contribution is 7.92. The van der Waals surface area contributed by atoms with E-state index in [4.69, 9.17) is 25.8 Å². The zero-order valence-corrected chi connectivity index (χ0v) is 16.7. The first kappa shape index (κ1) is 20.9. The topological polar surface area (TPSA) is 82.1 Å². The number of carbonyl (C=O) groups excluding carboxylic acids is 1. The van der Waals surface area contributed by atoms with Crippen molar-refractivity contribution < 1.29 is 27.4 Å². The summed E-state index contributed by atoms with van der Waals surface area (Å²) in [5.74, 6) is -0.0681. The van der Waals surface area contributed by atoms with Crippen LogP contribution in [0.15, 0.2) is 47.4 Å². The van der Waals surface area contributed by atoms with E-state index in [9.17, 15) is 13.2 Å². The van der Waals surface area contributed by atoms with Gasteiger partial charge in [0.1, 0.15) is 6.54 Å². The van der Waals surface area contributed by atoms with Crippen molar-refractivity contribution in [2.45, 2.75) is 11.8 Å². The summed E-state index contributed by atoms with van der Waals surface area (Å²) >= 11 is 6.18. The van der Waals surface area contributed by atoms with Gasteiger partial charge in [-0.1, -0.05) is 23.7 Å². The monoisotopic (exact) mass is 413 g/mol. The summed E-state index contributed by atoms with van der Waals surface area (Å²) in [5.41, 5.74) is 0.169. The Labute approximate surface area is 163 Å². The smallest absolute Gasteiger partial charge is 0.326 e. The van der Waals surface area contributed by atoms with Crippen LogP contribution in [0.5, 0.6) is 11.5 Å². The minimum Gasteiger partial charge on any atom is -0.493 e. The fourth-order valence-corrected chi connectivity index (χ4v) is 4.11. The molecule has 2 aromatic rings. The lowest BCUT2D eigenvalue weighted by atomic mass is 10.3. The Bertz CT molecular complexity index is 916. The van der Waals surface area contributed by atoms with E-state index in [-0.39, 0.29) is 28.0 Å². The van der Waals surface area contributed by atoms with E-state index in [1.807, 2.05) is 0 Å². The molecule has 0 saturated carbocycles. The molecule has 0 aliphatic carbocycles. The average Bonchev–Trinajstić information content (AvgIpc) is 2.66. The highest BCUT2D eigenvalue weighted by Gasteiger charge is 2.30. The summed E-state index contributed by atoms with van der Waals surface area (Å²) in [4.78, 5) is 11.9. The van der Waals surface area contributed by atoms with E-state index in [1.165, 1.54) is 38.5 Å². The predicted octanol–water partition coefficient (Wildman–Crippen LogP) is 3.12. The summed E-state index contributed by atoms with van der Waals surface area (Å²) in [6, 6.07) is 10.5. The molecule has 146 valence electrons. The SMILES string of the molecule is CCOC(=O)CN(c1ccccc1Cl)S(=O)(=O)c1ccc(OC)c(OC)c1. The number of rotatable bonds is 8. The maximum Gasteiger partial charge on any atom is 0.326 e. The number of ether oxygens (including phenoxy) is 3. The maximum atomic E-state index is 13.3. The van der Waals surface area contributed by atoms with Crippen LogP contribution in [-0.2, 0) is 19.6 Å². The van der Waals surface area contributed by atoms with Gasteiger partial charge < -0.3 is 14.2 Å². The number of halogens is 1. The highest BCUT2D eigenvalue weighted by atomic mass is 35.5. The highest BCUT2D eigenvalue weighted by Crippen LogP contribution is 2.34. The lowest BCUT2D eigenvalue weighted by Crippen LogP contribution is -2.36. The Balaban J connectivity index is 2.56. The van der Waals surface area contributed by atoms with Gasteiger partial charge in [-0.15, -0.1) is 0 Å². The molecule has 0 fully saturated rings. The van der Waals surface area contributed by atoms with E-state index in [1.54, 1.807) is 25.1 Å². The van der Waals surface area contributed by atoms with Crippen molar-refractivity contribution in [3.8, 4) is 11.5 Å². The van der Waals surface area contributed by atoms with Gasteiger partial charge in [-0.25, -0.2) is 8.42 Å². The van der Waals surface area contributed by atoms with E-state index in [0.717, 1.165) is 4.31 Å². The van der Waals surface area contributed by atoms with Crippen LogP contribution in [0.1, 0.15) is 6.92 Å². The van der Waals surface area contributed by atoms with E-state index in [0.29, 0.717) is 5.75 Å². The molecule has 0 aliphatic heterocycles. The number of methoxy groups -OCH3 is 2. The third-order valence-corrected chi connectivity index (χ3v) is 5.72. The van der Waals surface area contributed by atoms with Gasteiger partial charge in [0.2, 0.25) is 0 Å². The normalized spacial score (nSPS) is 11.0. The molecule has 0 saturated heterocycles. The first-order valence-corrected chi connectivity index (χ1v) is 9.81.